The third-order valence-corrected chi connectivity index (χ3v) is 3.48. The normalized spacial score (nSPS) is 10.7. The van der Waals surface area contributed by atoms with Gasteiger partial charge in [-0.15, -0.1) is 11.6 Å². The number of benzene rings is 1. The molecular formula is C15H16ClNO. The first-order valence-corrected chi connectivity index (χ1v) is 6.40. The van der Waals surface area contributed by atoms with Crippen LogP contribution in [0, 0.1) is 13.8 Å². The molecule has 0 aliphatic heterocycles. The average Bonchev–Trinajstić information content (AvgIpc) is 2.36. The van der Waals surface area contributed by atoms with E-state index in [0.717, 1.165) is 16.8 Å². The van der Waals surface area contributed by atoms with Crippen LogP contribution in [0.15, 0.2) is 35.1 Å². The highest BCUT2D eigenvalue weighted by Crippen LogP contribution is 2.23. The zero-order chi connectivity index (χ0) is 13.3. The molecule has 0 aliphatic carbocycles. The number of pyridine rings is 1. The molecule has 1 aromatic carbocycles. The SMILES string of the molecule is Cc1ccc(C)c(-c2ccc(CCl)c(=O)n2C)c1. The summed E-state index contributed by atoms with van der Waals surface area (Å²) in [6, 6.07) is 10.0. The second-order valence-electron chi connectivity index (χ2n) is 4.56. The summed E-state index contributed by atoms with van der Waals surface area (Å²) in [5, 5.41) is 0. The number of alkyl halides is 1. The fourth-order valence-corrected chi connectivity index (χ4v) is 2.27. The minimum absolute atomic E-state index is 0.0246. The molecule has 18 heavy (non-hydrogen) atoms. The number of hydrogen-bond donors (Lipinski definition) is 0. The quantitative estimate of drug-likeness (QED) is 0.760. The molecule has 0 N–H and O–H groups in total. The van der Waals surface area contributed by atoms with E-state index in [1.165, 1.54) is 5.56 Å². The summed E-state index contributed by atoms with van der Waals surface area (Å²) >= 11 is 5.75. The van der Waals surface area contributed by atoms with E-state index in [2.05, 4.69) is 25.1 Å². The Bertz CT molecular complexity index is 643. The van der Waals surface area contributed by atoms with Crippen LogP contribution < -0.4 is 5.56 Å². The van der Waals surface area contributed by atoms with Gasteiger partial charge in [-0.2, -0.15) is 0 Å². The van der Waals surface area contributed by atoms with Crippen LogP contribution in [0.5, 0.6) is 0 Å². The van der Waals surface area contributed by atoms with E-state index >= 15 is 0 Å². The predicted octanol–water partition coefficient (Wildman–Crippen LogP) is 3.41. The Morgan fingerprint density at radius 2 is 1.89 bits per heavy atom. The number of hydrogen-bond acceptors (Lipinski definition) is 1. The van der Waals surface area contributed by atoms with Gasteiger partial charge in [-0.3, -0.25) is 4.79 Å². The van der Waals surface area contributed by atoms with Crippen LogP contribution in [0.4, 0.5) is 0 Å². The first kappa shape index (κ1) is 12.9. The summed E-state index contributed by atoms with van der Waals surface area (Å²) in [6.07, 6.45) is 0. The van der Waals surface area contributed by atoms with Crippen molar-refractivity contribution >= 4 is 11.6 Å². The number of aryl methyl sites for hydroxylation is 2. The van der Waals surface area contributed by atoms with Crippen molar-refractivity contribution in [2.24, 2.45) is 7.05 Å². The minimum Gasteiger partial charge on any atom is -0.311 e. The molecule has 2 rings (SSSR count). The van der Waals surface area contributed by atoms with Crippen molar-refractivity contribution in [3.63, 3.8) is 0 Å². The third-order valence-electron chi connectivity index (χ3n) is 3.20. The Kier molecular flexibility index (Phi) is 3.58. The molecule has 0 aliphatic rings. The molecule has 1 aromatic heterocycles. The molecule has 3 heteroatoms. The molecule has 0 amide bonds. The van der Waals surface area contributed by atoms with Gasteiger partial charge in [-0.1, -0.05) is 23.8 Å². The first-order valence-electron chi connectivity index (χ1n) is 5.87. The minimum atomic E-state index is -0.0246. The standard InChI is InChI=1S/C15H16ClNO/c1-10-4-5-11(2)13(8-10)14-7-6-12(9-16)15(18)17(14)3/h4-8H,9H2,1-3H3. The number of nitrogens with zero attached hydrogens (tertiary/aromatic N) is 1. The van der Waals surface area contributed by atoms with E-state index in [9.17, 15) is 4.79 Å². The molecule has 2 aromatic rings. The van der Waals surface area contributed by atoms with Gasteiger partial charge in [0.15, 0.2) is 0 Å². The predicted molar refractivity (Wildman–Crippen MR) is 76.2 cm³/mol. The molecule has 94 valence electrons. The lowest BCUT2D eigenvalue weighted by Crippen LogP contribution is -2.21. The van der Waals surface area contributed by atoms with Crippen molar-refractivity contribution in [1.29, 1.82) is 0 Å². The maximum absolute atomic E-state index is 12.1. The van der Waals surface area contributed by atoms with E-state index in [-0.39, 0.29) is 11.4 Å². The maximum Gasteiger partial charge on any atom is 0.255 e. The topological polar surface area (TPSA) is 22.0 Å². The van der Waals surface area contributed by atoms with Crippen molar-refractivity contribution in [3.8, 4) is 11.3 Å². The summed E-state index contributed by atoms with van der Waals surface area (Å²) in [6.45, 7) is 4.10. The number of halogens is 1. The lowest BCUT2D eigenvalue weighted by atomic mass is 10.0. The summed E-state index contributed by atoms with van der Waals surface area (Å²) in [4.78, 5) is 12.1. The van der Waals surface area contributed by atoms with Gasteiger partial charge in [-0.05, 0) is 31.5 Å². The van der Waals surface area contributed by atoms with Gasteiger partial charge >= 0.3 is 0 Å². The smallest absolute Gasteiger partial charge is 0.255 e. The van der Waals surface area contributed by atoms with Gasteiger partial charge in [0.25, 0.3) is 5.56 Å². The van der Waals surface area contributed by atoms with Crippen LogP contribution >= 0.6 is 11.6 Å². The molecule has 0 saturated heterocycles. The van der Waals surface area contributed by atoms with Crippen molar-refractivity contribution in [3.05, 3.63) is 57.4 Å². The molecule has 1 heterocycles. The Morgan fingerprint density at radius 1 is 1.17 bits per heavy atom. The Morgan fingerprint density at radius 3 is 2.56 bits per heavy atom. The Labute approximate surface area is 112 Å². The van der Waals surface area contributed by atoms with Gasteiger partial charge < -0.3 is 4.57 Å². The van der Waals surface area contributed by atoms with Crippen molar-refractivity contribution in [2.75, 3.05) is 0 Å². The summed E-state index contributed by atoms with van der Waals surface area (Å²) in [5.74, 6) is 0.250. The third kappa shape index (κ3) is 2.21. The highest BCUT2D eigenvalue weighted by molar-refractivity contribution is 6.17. The van der Waals surface area contributed by atoms with Gasteiger partial charge in [-0.25, -0.2) is 0 Å². The van der Waals surface area contributed by atoms with Gasteiger partial charge in [0.1, 0.15) is 0 Å². The molecule has 0 bridgehead atoms. The molecule has 0 atom stereocenters. The van der Waals surface area contributed by atoms with Crippen molar-refractivity contribution < 1.29 is 0 Å². The van der Waals surface area contributed by atoms with Crippen molar-refractivity contribution in [1.82, 2.24) is 4.57 Å². The molecule has 0 radical (unpaired) electrons. The highest BCUT2D eigenvalue weighted by Gasteiger charge is 2.09. The van der Waals surface area contributed by atoms with E-state index in [0.29, 0.717) is 5.56 Å². The van der Waals surface area contributed by atoms with Crippen LogP contribution in [0.1, 0.15) is 16.7 Å². The molecule has 2 nitrogen and oxygen atoms in total. The van der Waals surface area contributed by atoms with Crippen molar-refractivity contribution in [2.45, 2.75) is 19.7 Å². The van der Waals surface area contributed by atoms with Gasteiger partial charge in [0, 0.05) is 18.2 Å². The van der Waals surface area contributed by atoms with Crippen LogP contribution in [-0.2, 0) is 12.9 Å². The molecule has 0 unspecified atom stereocenters. The lowest BCUT2D eigenvalue weighted by molar-refractivity contribution is 0.855. The summed E-state index contributed by atoms with van der Waals surface area (Å²) in [5.41, 5.74) is 4.97. The number of rotatable bonds is 2. The summed E-state index contributed by atoms with van der Waals surface area (Å²) < 4.78 is 1.67. The monoisotopic (exact) mass is 261 g/mol. The largest absolute Gasteiger partial charge is 0.311 e. The fourth-order valence-electron chi connectivity index (χ4n) is 2.07. The van der Waals surface area contributed by atoms with E-state index in [1.54, 1.807) is 11.6 Å². The average molecular weight is 262 g/mol. The van der Waals surface area contributed by atoms with E-state index in [1.807, 2.05) is 19.1 Å². The van der Waals surface area contributed by atoms with Gasteiger partial charge in [0.05, 0.1) is 11.6 Å². The van der Waals surface area contributed by atoms with Crippen LogP contribution in [0.3, 0.4) is 0 Å². The molecule has 0 spiro atoms. The van der Waals surface area contributed by atoms with E-state index in [4.69, 9.17) is 11.6 Å². The van der Waals surface area contributed by atoms with Crippen LogP contribution in [0.2, 0.25) is 0 Å². The fraction of sp³-hybridized carbons (Fsp3) is 0.267. The second-order valence-corrected chi connectivity index (χ2v) is 4.83. The lowest BCUT2D eigenvalue weighted by Gasteiger charge is -2.12. The van der Waals surface area contributed by atoms with Gasteiger partial charge in [0.2, 0.25) is 0 Å². The number of aromatic nitrogens is 1. The summed E-state index contributed by atoms with van der Waals surface area (Å²) in [7, 11) is 1.79. The molecular weight excluding hydrogens is 246 g/mol. The van der Waals surface area contributed by atoms with Crippen LogP contribution in [0.25, 0.3) is 11.3 Å². The van der Waals surface area contributed by atoms with Crippen LogP contribution in [-0.4, -0.2) is 4.57 Å². The molecule has 0 fully saturated rings. The zero-order valence-electron chi connectivity index (χ0n) is 10.8. The Balaban J connectivity index is 2.69. The Hall–Kier alpha value is -1.54. The second kappa shape index (κ2) is 4.99. The molecule has 0 saturated carbocycles. The highest BCUT2D eigenvalue weighted by atomic mass is 35.5. The first-order chi connectivity index (χ1) is 8.54. The van der Waals surface area contributed by atoms with E-state index < -0.39 is 0 Å². The maximum atomic E-state index is 12.1. The zero-order valence-corrected chi connectivity index (χ0v) is 11.6.